The van der Waals surface area contributed by atoms with Gasteiger partial charge < -0.3 is 10.2 Å². The molecule has 0 radical (unpaired) electrons. The monoisotopic (exact) mass is 220 g/mol. The topological polar surface area (TPSA) is 40.5 Å². The number of phenolic OH excluding ortho intramolecular Hbond substituents is 2. The van der Waals surface area contributed by atoms with E-state index in [1.54, 1.807) is 0 Å². The fourth-order valence-electron chi connectivity index (χ4n) is 0.571. The van der Waals surface area contributed by atoms with Crippen molar-refractivity contribution in [3.8, 4) is 11.5 Å². The molecule has 0 saturated carbocycles. The summed E-state index contributed by atoms with van der Waals surface area (Å²) in [5.74, 6) is -0.0163. The summed E-state index contributed by atoms with van der Waals surface area (Å²) in [5, 5.41) is 17.9. The molecule has 0 atom stereocenters. The van der Waals surface area contributed by atoms with E-state index in [0.717, 1.165) is 0 Å². The first-order chi connectivity index (χ1) is 4.61. The van der Waals surface area contributed by atoms with Gasteiger partial charge in [0.05, 0.1) is 4.90 Å². The van der Waals surface area contributed by atoms with Crippen LogP contribution in [0.3, 0.4) is 0 Å². The maximum absolute atomic E-state index is 9.01. The number of hydrogen-bond donors (Lipinski definition) is 3. The number of halogens is 1. The molecule has 1 aromatic rings. The lowest BCUT2D eigenvalue weighted by Crippen LogP contribution is -1.72. The molecule has 4 heteroatoms. The SMILES string of the molecule is Oc1cc(O)c(S)c(Br)c1. The Hall–Kier alpha value is -0.350. The van der Waals surface area contributed by atoms with Crippen molar-refractivity contribution >= 4 is 28.6 Å². The molecule has 0 amide bonds. The van der Waals surface area contributed by atoms with E-state index in [9.17, 15) is 0 Å². The van der Waals surface area contributed by atoms with Gasteiger partial charge in [0.1, 0.15) is 11.5 Å². The van der Waals surface area contributed by atoms with E-state index in [1.165, 1.54) is 12.1 Å². The Morgan fingerprint density at radius 3 is 2.40 bits per heavy atom. The maximum Gasteiger partial charge on any atom is 0.133 e. The minimum Gasteiger partial charge on any atom is -0.508 e. The molecule has 0 heterocycles. The van der Waals surface area contributed by atoms with Crippen molar-refractivity contribution in [3.63, 3.8) is 0 Å². The van der Waals surface area contributed by atoms with E-state index >= 15 is 0 Å². The zero-order valence-corrected chi connectivity index (χ0v) is 7.35. The molecule has 2 nitrogen and oxygen atoms in total. The number of thiol groups is 1. The van der Waals surface area contributed by atoms with Crippen molar-refractivity contribution in [2.45, 2.75) is 4.90 Å². The Balaban J connectivity index is 3.31. The predicted octanol–water partition coefficient (Wildman–Crippen LogP) is 2.15. The van der Waals surface area contributed by atoms with Crippen LogP contribution in [0.4, 0.5) is 0 Å². The minimum atomic E-state index is -0.0322. The molecule has 0 aliphatic carbocycles. The first-order valence-corrected chi connectivity index (χ1v) is 3.75. The number of benzene rings is 1. The van der Waals surface area contributed by atoms with E-state index in [-0.39, 0.29) is 11.5 Å². The Bertz CT molecular complexity index is 239. The van der Waals surface area contributed by atoms with Gasteiger partial charge in [-0.25, -0.2) is 0 Å². The molecule has 0 saturated heterocycles. The van der Waals surface area contributed by atoms with E-state index in [0.29, 0.717) is 9.37 Å². The zero-order chi connectivity index (χ0) is 7.72. The van der Waals surface area contributed by atoms with Gasteiger partial charge in [-0.05, 0) is 22.0 Å². The molecule has 10 heavy (non-hydrogen) atoms. The third kappa shape index (κ3) is 1.38. The molecular weight excluding hydrogens is 216 g/mol. The van der Waals surface area contributed by atoms with Crippen LogP contribution in [0.15, 0.2) is 21.5 Å². The Morgan fingerprint density at radius 2 is 1.90 bits per heavy atom. The molecule has 0 aliphatic rings. The fraction of sp³-hybridized carbons (Fsp3) is 0. The zero-order valence-electron chi connectivity index (χ0n) is 4.87. The van der Waals surface area contributed by atoms with Crippen molar-refractivity contribution in [2.75, 3.05) is 0 Å². The maximum atomic E-state index is 9.01. The van der Waals surface area contributed by atoms with Crippen LogP contribution in [0, 0.1) is 0 Å². The van der Waals surface area contributed by atoms with E-state index in [1.807, 2.05) is 0 Å². The van der Waals surface area contributed by atoms with Crippen LogP contribution >= 0.6 is 28.6 Å². The van der Waals surface area contributed by atoms with Gasteiger partial charge in [0.2, 0.25) is 0 Å². The highest BCUT2D eigenvalue weighted by Gasteiger charge is 2.02. The molecule has 54 valence electrons. The Labute approximate surface area is 72.0 Å². The molecule has 0 aromatic heterocycles. The van der Waals surface area contributed by atoms with Crippen molar-refractivity contribution in [3.05, 3.63) is 16.6 Å². The second-order valence-corrected chi connectivity index (χ2v) is 3.10. The second-order valence-electron chi connectivity index (χ2n) is 1.80. The third-order valence-corrected chi connectivity index (χ3v) is 2.43. The number of hydrogen-bond acceptors (Lipinski definition) is 3. The predicted molar refractivity (Wildman–Crippen MR) is 44.7 cm³/mol. The van der Waals surface area contributed by atoms with Gasteiger partial charge in [0, 0.05) is 10.5 Å². The average molecular weight is 221 g/mol. The summed E-state index contributed by atoms with van der Waals surface area (Å²) in [7, 11) is 0. The summed E-state index contributed by atoms with van der Waals surface area (Å²) in [6.45, 7) is 0. The highest BCUT2D eigenvalue weighted by atomic mass is 79.9. The lowest BCUT2D eigenvalue weighted by Gasteiger charge is -2.00. The summed E-state index contributed by atoms with van der Waals surface area (Å²) >= 11 is 7.05. The van der Waals surface area contributed by atoms with Crippen molar-refractivity contribution in [1.29, 1.82) is 0 Å². The molecule has 0 bridgehead atoms. The number of phenols is 2. The third-order valence-electron chi connectivity index (χ3n) is 1.03. The van der Waals surface area contributed by atoms with Gasteiger partial charge in [0.25, 0.3) is 0 Å². The number of aromatic hydroxyl groups is 2. The molecule has 2 N–H and O–H groups in total. The van der Waals surface area contributed by atoms with Crippen molar-refractivity contribution in [1.82, 2.24) is 0 Å². The molecule has 0 aliphatic heterocycles. The normalized spacial score (nSPS) is 9.80. The molecule has 0 unspecified atom stereocenters. The van der Waals surface area contributed by atoms with Crippen LogP contribution < -0.4 is 0 Å². The first-order valence-electron chi connectivity index (χ1n) is 2.51. The van der Waals surface area contributed by atoms with Crippen LogP contribution in [0.2, 0.25) is 0 Å². The summed E-state index contributed by atoms with van der Waals surface area (Å²) < 4.78 is 0.577. The highest BCUT2D eigenvalue weighted by Crippen LogP contribution is 2.33. The Kier molecular flexibility index (Phi) is 2.11. The molecule has 0 fully saturated rings. The van der Waals surface area contributed by atoms with Crippen LogP contribution in [0.1, 0.15) is 0 Å². The van der Waals surface area contributed by atoms with Gasteiger partial charge in [-0.1, -0.05) is 0 Å². The summed E-state index contributed by atoms with van der Waals surface area (Å²) in [6.07, 6.45) is 0. The second kappa shape index (κ2) is 2.72. The molecular formula is C6H5BrO2S. The van der Waals surface area contributed by atoms with Gasteiger partial charge in [-0.15, -0.1) is 12.6 Å². The van der Waals surface area contributed by atoms with Crippen LogP contribution in [0.5, 0.6) is 11.5 Å². The van der Waals surface area contributed by atoms with Gasteiger partial charge in [-0.2, -0.15) is 0 Å². The van der Waals surface area contributed by atoms with E-state index < -0.39 is 0 Å². The minimum absolute atomic E-state index is 0.0159. The summed E-state index contributed by atoms with van der Waals surface area (Å²) in [5.41, 5.74) is 0. The summed E-state index contributed by atoms with van der Waals surface area (Å²) in [6, 6.07) is 2.69. The van der Waals surface area contributed by atoms with Gasteiger partial charge >= 0.3 is 0 Å². The Morgan fingerprint density at radius 1 is 1.30 bits per heavy atom. The van der Waals surface area contributed by atoms with Gasteiger partial charge in [0.15, 0.2) is 0 Å². The van der Waals surface area contributed by atoms with Crippen molar-refractivity contribution < 1.29 is 10.2 Å². The highest BCUT2D eigenvalue weighted by molar-refractivity contribution is 9.10. The van der Waals surface area contributed by atoms with E-state index in [2.05, 4.69) is 28.6 Å². The molecule has 1 rings (SSSR count). The molecule has 1 aromatic carbocycles. The quantitative estimate of drug-likeness (QED) is 0.587. The van der Waals surface area contributed by atoms with Crippen LogP contribution in [-0.2, 0) is 0 Å². The lowest BCUT2D eigenvalue weighted by atomic mass is 10.3. The van der Waals surface area contributed by atoms with Crippen LogP contribution in [0.25, 0.3) is 0 Å². The van der Waals surface area contributed by atoms with Crippen molar-refractivity contribution in [2.24, 2.45) is 0 Å². The van der Waals surface area contributed by atoms with E-state index in [4.69, 9.17) is 10.2 Å². The van der Waals surface area contributed by atoms with Crippen LogP contribution in [-0.4, -0.2) is 10.2 Å². The number of rotatable bonds is 0. The lowest BCUT2D eigenvalue weighted by molar-refractivity contribution is 0.441. The average Bonchev–Trinajstić information content (AvgIpc) is 1.82. The standard InChI is InChI=1S/C6H5BrO2S/c7-4-1-3(8)2-5(9)6(4)10/h1-2,8-10H. The molecule has 0 spiro atoms. The summed E-state index contributed by atoms with van der Waals surface area (Å²) in [4.78, 5) is 0.429. The smallest absolute Gasteiger partial charge is 0.133 e. The first kappa shape index (κ1) is 7.75. The van der Waals surface area contributed by atoms with Gasteiger partial charge in [-0.3, -0.25) is 0 Å². The largest absolute Gasteiger partial charge is 0.508 e. The fourth-order valence-corrected chi connectivity index (χ4v) is 1.14.